The van der Waals surface area contributed by atoms with Crippen molar-refractivity contribution in [3.8, 4) is 0 Å². The van der Waals surface area contributed by atoms with Gasteiger partial charge >= 0.3 is 0 Å². The fraction of sp³-hybridized carbons (Fsp3) is 0.571. The minimum atomic E-state index is 0.906. The third-order valence-corrected chi connectivity index (χ3v) is 4.20. The summed E-state index contributed by atoms with van der Waals surface area (Å²) >= 11 is 3.68. The molecule has 17 heavy (non-hydrogen) atoms. The van der Waals surface area contributed by atoms with E-state index < -0.39 is 0 Å². The molecule has 1 aliphatic rings. The van der Waals surface area contributed by atoms with Crippen LogP contribution in [0.1, 0.15) is 24.8 Å². The lowest BCUT2D eigenvalue weighted by Gasteiger charge is -2.31. The summed E-state index contributed by atoms with van der Waals surface area (Å²) in [6, 6.07) is 6.63. The number of benzene rings is 1. The summed E-state index contributed by atoms with van der Waals surface area (Å²) in [5, 5.41) is 3.18. The first-order valence-electron chi connectivity index (χ1n) is 6.35. The standard InChI is InChI=1S/C14H21BrN2/c1-16-9-12-6-7-14(13(15)8-12)17(2)10-11-4-3-5-11/h6-8,11,16H,3-5,9-10H2,1-2H3. The monoisotopic (exact) mass is 296 g/mol. The Balaban J connectivity index is 2.03. The van der Waals surface area contributed by atoms with Crippen LogP contribution in [0.25, 0.3) is 0 Å². The normalized spacial score (nSPS) is 15.7. The maximum atomic E-state index is 3.68. The molecule has 1 aromatic carbocycles. The molecule has 2 nitrogen and oxygen atoms in total. The van der Waals surface area contributed by atoms with Crippen LogP contribution in [0.2, 0.25) is 0 Å². The Hall–Kier alpha value is -0.540. The predicted octanol–water partition coefficient (Wildman–Crippen LogP) is 3.40. The van der Waals surface area contributed by atoms with Crippen LogP contribution in [0.4, 0.5) is 5.69 Å². The van der Waals surface area contributed by atoms with E-state index in [2.05, 4.69) is 51.4 Å². The molecule has 0 aromatic heterocycles. The zero-order valence-electron chi connectivity index (χ0n) is 10.7. The molecule has 0 aliphatic heterocycles. The highest BCUT2D eigenvalue weighted by atomic mass is 79.9. The van der Waals surface area contributed by atoms with E-state index in [4.69, 9.17) is 0 Å². The van der Waals surface area contributed by atoms with Crippen molar-refractivity contribution in [3.05, 3.63) is 28.2 Å². The molecule has 0 bridgehead atoms. The maximum absolute atomic E-state index is 3.68. The molecule has 0 atom stereocenters. The largest absolute Gasteiger partial charge is 0.373 e. The molecule has 1 saturated carbocycles. The van der Waals surface area contributed by atoms with Gasteiger partial charge in [0.2, 0.25) is 0 Å². The maximum Gasteiger partial charge on any atom is 0.0508 e. The molecule has 3 heteroatoms. The summed E-state index contributed by atoms with van der Waals surface area (Å²) in [4.78, 5) is 2.37. The van der Waals surface area contributed by atoms with Crippen molar-refractivity contribution in [1.82, 2.24) is 5.32 Å². The number of nitrogens with one attached hydrogen (secondary N) is 1. The summed E-state index contributed by atoms with van der Waals surface area (Å²) in [5.41, 5.74) is 2.62. The molecule has 0 amide bonds. The van der Waals surface area contributed by atoms with Crippen LogP contribution in [-0.2, 0) is 6.54 Å². The number of nitrogens with zero attached hydrogens (tertiary/aromatic N) is 1. The fourth-order valence-corrected chi connectivity index (χ4v) is 3.06. The van der Waals surface area contributed by atoms with E-state index in [1.165, 1.54) is 41.5 Å². The molecule has 1 fully saturated rings. The summed E-state index contributed by atoms with van der Waals surface area (Å²) in [7, 11) is 4.17. The van der Waals surface area contributed by atoms with Gasteiger partial charge in [-0.3, -0.25) is 0 Å². The molecule has 0 unspecified atom stereocenters. The lowest BCUT2D eigenvalue weighted by Crippen LogP contribution is -2.29. The third-order valence-electron chi connectivity index (χ3n) is 3.56. The van der Waals surface area contributed by atoms with E-state index in [0.29, 0.717) is 0 Å². The van der Waals surface area contributed by atoms with Crippen LogP contribution < -0.4 is 10.2 Å². The molecule has 1 N–H and O–H groups in total. The molecule has 1 aromatic rings. The van der Waals surface area contributed by atoms with Gasteiger partial charge in [0.25, 0.3) is 0 Å². The number of halogens is 1. The Bertz CT molecular complexity index is 374. The summed E-state index contributed by atoms with van der Waals surface area (Å²) in [5.74, 6) is 0.906. The second-order valence-corrected chi connectivity index (χ2v) is 5.85. The molecule has 1 aliphatic carbocycles. The highest BCUT2D eigenvalue weighted by molar-refractivity contribution is 9.10. The summed E-state index contributed by atoms with van der Waals surface area (Å²) in [6.07, 6.45) is 4.22. The van der Waals surface area contributed by atoms with Crippen molar-refractivity contribution in [2.24, 2.45) is 5.92 Å². The molecule has 94 valence electrons. The van der Waals surface area contributed by atoms with Crippen molar-refractivity contribution < 1.29 is 0 Å². The second kappa shape index (κ2) is 5.87. The zero-order valence-corrected chi connectivity index (χ0v) is 12.3. The van der Waals surface area contributed by atoms with Crippen LogP contribution in [0.15, 0.2) is 22.7 Å². The van der Waals surface area contributed by atoms with Gasteiger partial charge in [-0.1, -0.05) is 12.5 Å². The van der Waals surface area contributed by atoms with E-state index in [9.17, 15) is 0 Å². The van der Waals surface area contributed by atoms with Gasteiger partial charge in [0.05, 0.1) is 5.69 Å². The van der Waals surface area contributed by atoms with Crippen molar-refractivity contribution in [3.63, 3.8) is 0 Å². The molecular formula is C14H21BrN2. The Labute approximate surface area is 113 Å². The molecule has 0 heterocycles. The fourth-order valence-electron chi connectivity index (χ4n) is 2.34. The summed E-state index contributed by atoms with van der Waals surface area (Å²) in [6.45, 7) is 2.11. The van der Waals surface area contributed by atoms with Crippen molar-refractivity contribution >= 4 is 21.6 Å². The van der Waals surface area contributed by atoms with Gasteiger partial charge in [-0.15, -0.1) is 0 Å². The highest BCUT2D eigenvalue weighted by Crippen LogP contribution is 2.31. The quantitative estimate of drug-likeness (QED) is 0.896. The minimum Gasteiger partial charge on any atom is -0.373 e. The van der Waals surface area contributed by atoms with E-state index in [-0.39, 0.29) is 0 Å². The lowest BCUT2D eigenvalue weighted by molar-refractivity contribution is 0.321. The second-order valence-electron chi connectivity index (χ2n) is 4.99. The number of anilines is 1. The molecule has 0 spiro atoms. The molecule has 0 saturated heterocycles. The van der Waals surface area contributed by atoms with Gasteiger partial charge in [-0.25, -0.2) is 0 Å². The van der Waals surface area contributed by atoms with Crippen LogP contribution in [0, 0.1) is 5.92 Å². The first kappa shape index (κ1) is 12.9. The zero-order chi connectivity index (χ0) is 12.3. The summed E-state index contributed by atoms with van der Waals surface area (Å²) < 4.78 is 1.20. The molecular weight excluding hydrogens is 276 g/mol. The number of hydrogen-bond donors (Lipinski definition) is 1. The van der Waals surface area contributed by atoms with E-state index >= 15 is 0 Å². The van der Waals surface area contributed by atoms with Crippen LogP contribution >= 0.6 is 15.9 Å². The van der Waals surface area contributed by atoms with Gasteiger partial charge in [0, 0.05) is 24.6 Å². The van der Waals surface area contributed by atoms with Gasteiger partial charge in [0.15, 0.2) is 0 Å². The van der Waals surface area contributed by atoms with E-state index in [0.717, 1.165) is 12.5 Å². The topological polar surface area (TPSA) is 15.3 Å². The Morgan fingerprint density at radius 1 is 1.41 bits per heavy atom. The number of rotatable bonds is 5. The van der Waals surface area contributed by atoms with Gasteiger partial charge in [-0.05, 0) is 59.4 Å². The van der Waals surface area contributed by atoms with Crippen molar-refractivity contribution in [1.29, 1.82) is 0 Å². The van der Waals surface area contributed by atoms with Gasteiger partial charge < -0.3 is 10.2 Å². The highest BCUT2D eigenvalue weighted by Gasteiger charge is 2.19. The molecule has 0 radical (unpaired) electrons. The van der Waals surface area contributed by atoms with Crippen LogP contribution in [-0.4, -0.2) is 20.6 Å². The molecule has 2 rings (SSSR count). The first-order chi connectivity index (χ1) is 8.20. The Morgan fingerprint density at radius 2 is 2.18 bits per heavy atom. The number of hydrogen-bond acceptors (Lipinski definition) is 2. The smallest absolute Gasteiger partial charge is 0.0508 e. The third kappa shape index (κ3) is 3.23. The van der Waals surface area contributed by atoms with E-state index in [1.54, 1.807) is 0 Å². The predicted molar refractivity (Wildman–Crippen MR) is 77.5 cm³/mol. The Kier molecular flexibility index (Phi) is 4.46. The average Bonchev–Trinajstić information content (AvgIpc) is 2.24. The van der Waals surface area contributed by atoms with Crippen molar-refractivity contribution in [2.45, 2.75) is 25.8 Å². The lowest BCUT2D eigenvalue weighted by atomic mass is 9.85. The van der Waals surface area contributed by atoms with Crippen LogP contribution in [0.3, 0.4) is 0 Å². The minimum absolute atomic E-state index is 0.906. The Morgan fingerprint density at radius 3 is 2.71 bits per heavy atom. The average molecular weight is 297 g/mol. The van der Waals surface area contributed by atoms with Crippen molar-refractivity contribution in [2.75, 3.05) is 25.5 Å². The first-order valence-corrected chi connectivity index (χ1v) is 7.14. The van der Waals surface area contributed by atoms with E-state index in [1.807, 2.05) is 7.05 Å². The van der Waals surface area contributed by atoms with Gasteiger partial charge in [-0.2, -0.15) is 0 Å². The van der Waals surface area contributed by atoms with Gasteiger partial charge in [0.1, 0.15) is 0 Å². The SMILES string of the molecule is CNCc1ccc(N(C)CC2CCC2)c(Br)c1. The van der Waals surface area contributed by atoms with Crippen LogP contribution in [0.5, 0.6) is 0 Å².